The Morgan fingerprint density at radius 2 is 2.16 bits per heavy atom. The predicted octanol–water partition coefficient (Wildman–Crippen LogP) is 1.30. The first-order valence-corrected chi connectivity index (χ1v) is 10.0. The SMILES string of the molecule is CC(Cn1cnc2c(NC3CCCC3)nc(N)nc21)OCP(=O)(O)O. The van der Waals surface area contributed by atoms with Gasteiger partial charge in [-0.15, -0.1) is 0 Å². The van der Waals surface area contributed by atoms with Crippen LogP contribution in [0.4, 0.5) is 11.8 Å². The van der Waals surface area contributed by atoms with E-state index in [0.717, 1.165) is 12.8 Å². The zero-order valence-corrected chi connectivity index (χ0v) is 14.9. The van der Waals surface area contributed by atoms with E-state index >= 15 is 0 Å². The highest BCUT2D eigenvalue weighted by Crippen LogP contribution is 2.34. The first-order chi connectivity index (χ1) is 11.8. The van der Waals surface area contributed by atoms with E-state index in [1.54, 1.807) is 17.8 Å². The van der Waals surface area contributed by atoms with Crippen LogP contribution in [0.1, 0.15) is 32.6 Å². The van der Waals surface area contributed by atoms with Crippen LogP contribution in [0.25, 0.3) is 11.2 Å². The maximum Gasteiger partial charge on any atom is 0.350 e. The molecule has 2 aromatic rings. The second-order valence-corrected chi connectivity index (χ2v) is 7.98. The van der Waals surface area contributed by atoms with Crippen LogP contribution in [0.2, 0.25) is 0 Å². The molecule has 0 aromatic carbocycles. The molecule has 1 atom stereocenters. The second kappa shape index (κ2) is 7.25. The predicted molar refractivity (Wildman–Crippen MR) is 93.1 cm³/mol. The maximum atomic E-state index is 10.9. The van der Waals surface area contributed by atoms with Crippen LogP contribution in [0.5, 0.6) is 0 Å². The summed E-state index contributed by atoms with van der Waals surface area (Å²) in [6, 6.07) is 0.369. The maximum absolute atomic E-state index is 10.9. The normalized spacial score (nSPS) is 17.2. The highest BCUT2D eigenvalue weighted by Gasteiger charge is 2.20. The zero-order valence-electron chi connectivity index (χ0n) is 14.0. The number of hydrogen-bond donors (Lipinski definition) is 4. The summed E-state index contributed by atoms with van der Waals surface area (Å²) in [6.07, 6.45) is 5.16. The van der Waals surface area contributed by atoms with Gasteiger partial charge in [0.2, 0.25) is 5.95 Å². The summed E-state index contributed by atoms with van der Waals surface area (Å²) in [5.74, 6) is 0.774. The smallest absolute Gasteiger partial charge is 0.350 e. The Bertz CT molecular complexity index is 785. The van der Waals surface area contributed by atoms with Crippen molar-refractivity contribution in [2.24, 2.45) is 0 Å². The van der Waals surface area contributed by atoms with Crippen molar-refractivity contribution < 1.29 is 19.1 Å². The highest BCUT2D eigenvalue weighted by atomic mass is 31.2. The minimum absolute atomic E-state index is 0.151. The minimum Gasteiger partial charge on any atom is -0.368 e. The van der Waals surface area contributed by atoms with Gasteiger partial charge >= 0.3 is 7.60 Å². The third-order valence-corrected chi connectivity index (χ3v) is 4.64. The summed E-state index contributed by atoms with van der Waals surface area (Å²) in [5.41, 5.74) is 7.03. The molecule has 2 heterocycles. The minimum atomic E-state index is -4.19. The molecule has 1 aliphatic rings. The van der Waals surface area contributed by atoms with E-state index < -0.39 is 20.0 Å². The monoisotopic (exact) mass is 370 g/mol. The van der Waals surface area contributed by atoms with Crippen LogP contribution in [0.3, 0.4) is 0 Å². The molecule has 11 heteroatoms. The van der Waals surface area contributed by atoms with Gasteiger partial charge in [-0.25, -0.2) is 4.98 Å². The van der Waals surface area contributed by atoms with Gasteiger partial charge in [0.25, 0.3) is 0 Å². The number of rotatable bonds is 7. The molecule has 1 unspecified atom stereocenters. The zero-order chi connectivity index (χ0) is 18.0. The van der Waals surface area contributed by atoms with E-state index in [4.69, 9.17) is 20.3 Å². The van der Waals surface area contributed by atoms with Gasteiger partial charge in [-0.1, -0.05) is 12.8 Å². The van der Waals surface area contributed by atoms with E-state index in [-0.39, 0.29) is 5.95 Å². The number of hydrogen-bond acceptors (Lipinski definition) is 7. The molecule has 0 saturated heterocycles. The molecule has 10 nitrogen and oxygen atoms in total. The Labute approximate surface area is 145 Å². The fourth-order valence-corrected chi connectivity index (χ4v) is 3.46. The molecule has 1 saturated carbocycles. The van der Waals surface area contributed by atoms with Crippen LogP contribution in [-0.2, 0) is 15.8 Å². The van der Waals surface area contributed by atoms with E-state index in [2.05, 4.69) is 20.3 Å². The number of nitrogens with two attached hydrogens (primary N) is 1. The molecule has 0 radical (unpaired) electrons. The van der Waals surface area contributed by atoms with Crippen molar-refractivity contribution in [3.05, 3.63) is 6.33 Å². The number of imidazole rings is 1. The molecule has 2 aromatic heterocycles. The molecular formula is C14H23N6O4P. The van der Waals surface area contributed by atoms with Crippen LogP contribution >= 0.6 is 7.60 Å². The molecule has 1 aliphatic carbocycles. The Morgan fingerprint density at radius 1 is 1.44 bits per heavy atom. The fraction of sp³-hybridized carbons (Fsp3) is 0.643. The Kier molecular flexibility index (Phi) is 5.24. The van der Waals surface area contributed by atoms with Gasteiger partial charge in [0.15, 0.2) is 17.0 Å². The van der Waals surface area contributed by atoms with Gasteiger partial charge in [0.05, 0.1) is 19.0 Å². The average molecular weight is 370 g/mol. The summed E-state index contributed by atoms with van der Waals surface area (Å²) >= 11 is 0. The van der Waals surface area contributed by atoms with Crippen LogP contribution < -0.4 is 11.1 Å². The van der Waals surface area contributed by atoms with Gasteiger partial charge in [-0.3, -0.25) is 4.57 Å². The number of nitrogens with one attached hydrogen (secondary N) is 1. The largest absolute Gasteiger partial charge is 0.368 e. The van der Waals surface area contributed by atoms with E-state index in [1.165, 1.54) is 12.8 Å². The van der Waals surface area contributed by atoms with Crippen LogP contribution in [-0.4, -0.2) is 47.8 Å². The number of fused-ring (bicyclic) bond motifs is 1. The number of nitrogens with zero attached hydrogens (tertiary/aromatic N) is 4. The van der Waals surface area contributed by atoms with E-state index in [1.807, 2.05) is 0 Å². The summed E-state index contributed by atoms with van der Waals surface area (Å²) in [6.45, 7) is 2.07. The first kappa shape index (κ1) is 18.1. The van der Waals surface area contributed by atoms with E-state index in [9.17, 15) is 4.57 Å². The quantitative estimate of drug-likeness (QED) is 0.529. The summed E-state index contributed by atoms with van der Waals surface area (Å²) < 4.78 is 17.9. The highest BCUT2D eigenvalue weighted by molar-refractivity contribution is 7.51. The molecular weight excluding hydrogens is 347 g/mol. The van der Waals surface area contributed by atoms with Crippen molar-refractivity contribution in [2.75, 3.05) is 17.4 Å². The van der Waals surface area contributed by atoms with Crippen molar-refractivity contribution in [1.29, 1.82) is 0 Å². The number of aromatic nitrogens is 4. The number of anilines is 2. The molecule has 0 aliphatic heterocycles. The number of nitrogen functional groups attached to an aromatic ring is 1. The van der Waals surface area contributed by atoms with Gasteiger partial charge in [-0.05, 0) is 19.8 Å². The fourth-order valence-electron chi connectivity index (χ4n) is 3.01. The van der Waals surface area contributed by atoms with Gasteiger partial charge in [0.1, 0.15) is 6.35 Å². The van der Waals surface area contributed by atoms with Crippen molar-refractivity contribution in [3.63, 3.8) is 0 Å². The Morgan fingerprint density at radius 3 is 2.84 bits per heavy atom. The molecule has 3 rings (SSSR count). The summed E-state index contributed by atoms with van der Waals surface area (Å²) in [4.78, 5) is 30.7. The number of ether oxygens (including phenoxy) is 1. The summed E-state index contributed by atoms with van der Waals surface area (Å²) in [7, 11) is -4.19. The lowest BCUT2D eigenvalue weighted by molar-refractivity contribution is 0.0764. The second-order valence-electron chi connectivity index (χ2n) is 6.40. The molecule has 5 N–H and O–H groups in total. The molecule has 1 fully saturated rings. The van der Waals surface area contributed by atoms with Crippen LogP contribution in [0.15, 0.2) is 6.33 Å². The van der Waals surface area contributed by atoms with Crippen molar-refractivity contribution in [3.8, 4) is 0 Å². The van der Waals surface area contributed by atoms with Crippen molar-refractivity contribution in [2.45, 2.75) is 51.3 Å². The first-order valence-electron chi connectivity index (χ1n) is 8.23. The van der Waals surface area contributed by atoms with Gasteiger partial charge in [-0.2, -0.15) is 9.97 Å². The lowest BCUT2D eigenvalue weighted by atomic mass is 10.2. The van der Waals surface area contributed by atoms with Crippen LogP contribution in [0, 0.1) is 0 Å². The van der Waals surface area contributed by atoms with E-state index in [0.29, 0.717) is 29.6 Å². The Balaban J connectivity index is 1.78. The molecule has 25 heavy (non-hydrogen) atoms. The van der Waals surface area contributed by atoms with Gasteiger partial charge in [0, 0.05) is 6.04 Å². The molecule has 138 valence electrons. The van der Waals surface area contributed by atoms with Crippen molar-refractivity contribution in [1.82, 2.24) is 19.5 Å². The molecule has 0 bridgehead atoms. The Hall–Kier alpha value is -1.74. The molecule has 0 spiro atoms. The third kappa shape index (κ3) is 4.66. The third-order valence-electron chi connectivity index (χ3n) is 4.16. The van der Waals surface area contributed by atoms with Crippen molar-refractivity contribution >= 4 is 30.5 Å². The topological polar surface area (TPSA) is 148 Å². The van der Waals surface area contributed by atoms with Gasteiger partial charge < -0.3 is 30.1 Å². The standard InChI is InChI=1S/C14H23N6O4P/c1-9(24-8-25(21,22)23)6-20-7-16-11-12(17-10-4-2-3-5-10)18-14(15)19-13(11)20/h7,9-10H,2-6,8H2,1H3,(H2,21,22,23)(H3,15,17,18,19). The summed E-state index contributed by atoms with van der Waals surface area (Å²) in [5, 5.41) is 3.40. The average Bonchev–Trinajstić information content (AvgIpc) is 3.15. The lowest BCUT2D eigenvalue weighted by Crippen LogP contribution is -2.18. The molecule has 0 amide bonds. The lowest BCUT2D eigenvalue weighted by Gasteiger charge is -2.15.